The maximum absolute atomic E-state index is 12.6. The number of carboxylic acid groups (broad SMARTS) is 1. The summed E-state index contributed by atoms with van der Waals surface area (Å²) in [4.78, 5) is 27.0. The third kappa shape index (κ3) is 3.40. The number of carbonyl (C=O) groups excluding carboxylic acids is 1. The molecule has 1 aliphatic carbocycles. The number of hydrogen-bond donors (Lipinski definition) is 3. The van der Waals surface area contributed by atoms with Crippen molar-refractivity contribution in [2.45, 2.75) is 31.7 Å². The molecule has 2 atom stereocenters. The van der Waals surface area contributed by atoms with Crippen molar-refractivity contribution in [3.8, 4) is 11.5 Å². The van der Waals surface area contributed by atoms with E-state index in [1.165, 1.54) is 0 Å². The van der Waals surface area contributed by atoms with Gasteiger partial charge in [-0.2, -0.15) is 0 Å². The molecule has 3 N–H and O–H groups in total. The van der Waals surface area contributed by atoms with Crippen LogP contribution in [-0.4, -0.2) is 42.2 Å². The van der Waals surface area contributed by atoms with Gasteiger partial charge in [0.25, 0.3) is 5.91 Å². The molecule has 7 heteroatoms. The van der Waals surface area contributed by atoms with E-state index in [9.17, 15) is 14.7 Å². The van der Waals surface area contributed by atoms with Gasteiger partial charge in [-0.15, -0.1) is 0 Å². The number of aromatic amines is 1. The van der Waals surface area contributed by atoms with Gasteiger partial charge >= 0.3 is 5.97 Å². The maximum atomic E-state index is 12.6. The molecule has 1 aliphatic rings. The number of amides is 1. The number of aromatic nitrogens is 1. The van der Waals surface area contributed by atoms with E-state index in [0.717, 1.165) is 23.7 Å². The van der Waals surface area contributed by atoms with Crippen LogP contribution in [0, 0.1) is 5.92 Å². The van der Waals surface area contributed by atoms with Gasteiger partial charge in [0.2, 0.25) is 0 Å². The van der Waals surface area contributed by atoms with Crippen molar-refractivity contribution in [1.29, 1.82) is 0 Å². The number of carbonyl (C=O) groups is 2. The molecular formula is C18H22N2O5. The Morgan fingerprint density at radius 3 is 2.60 bits per heavy atom. The van der Waals surface area contributed by atoms with E-state index in [0.29, 0.717) is 30.0 Å². The molecule has 25 heavy (non-hydrogen) atoms. The summed E-state index contributed by atoms with van der Waals surface area (Å²) in [6.45, 7) is 0. The van der Waals surface area contributed by atoms with Crippen molar-refractivity contribution in [1.82, 2.24) is 10.3 Å². The van der Waals surface area contributed by atoms with E-state index in [4.69, 9.17) is 9.47 Å². The van der Waals surface area contributed by atoms with Crippen molar-refractivity contribution in [3.05, 3.63) is 23.9 Å². The molecule has 0 bridgehead atoms. The molecule has 0 radical (unpaired) electrons. The van der Waals surface area contributed by atoms with Crippen LogP contribution in [0.25, 0.3) is 10.9 Å². The van der Waals surface area contributed by atoms with Crippen LogP contribution >= 0.6 is 0 Å². The molecule has 0 saturated heterocycles. The maximum Gasteiger partial charge on any atom is 0.308 e. The van der Waals surface area contributed by atoms with Crippen LogP contribution in [0.3, 0.4) is 0 Å². The predicted molar refractivity (Wildman–Crippen MR) is 92.3 cm³/mol. The number of rotatable bonds is 5. The van der Waals surface area contributed by atoms with Gasteiger partial charge in [-0.25, -0.2) is 0 Å². The molecule has 134 valence electrons. The molecule has 0 aliphatic heterocycles. The van der Waals surface area contributed by atoms with Crippen LogP contribution in [0.5, 0.6) is 11.5 Å². The molecule has 3 rings (SSSR count). The summed E-state index contributed by atoms with van der Waals surface area (Å²) in [6.07, 6.45) is 3.08. The molecule has 1 aromatic heterocycles. The molecular weight excluding hydrogens is 324 g/mol. The Balaban J connectivity index is 1.85. The Morgan fingerprint density at radius 1 is 1.16 bits per heavy atom. The first-order chi connectivity index (χ1) is 12.0. The monoisotopic (exact) mass is 346 g/mol. The SMILES string of the molecule is COc1cc(OC)c2cc(C(=O)N[C@H]3CCCC[C@H]3C(=O)O)[nH]c2c1. The number of nitrogens with one attached hydrogen (secondary N) is 2. The lowest BCUT2D eigenvalue weighted by molar-refractivity contribution is -0.143. The minimum atomic E-state index is -0.854. The quantitative estimate of drug-likeness (QED) is 0.772. The average molecular weight is 346 g/mol. The minimum absolute atomic E-state index is 0.310. The fraction of sp³-hybridized carbons (Fsp3) is 0.444. The largest absolute Gasteiger partial charge is 0.497 e. The first-order valence-corrected chi connectivity index (χ1v) is 8.32. The Hall–Kier alpha value is -2.70. The summed E-state index contributed by atoms with van der Waals surface area (Å²) in [7, 11) is 3.12. The van der Waals surface area contributed by atoms with Crippen LogP contribution in [0.4, 0.5) is 0 Å². The zero-order valence-electron chi connectivity index (χ0n) is 14.3. The first kappa shape index (κ1) is 17.1. The van der Waals surface area contributed by atoms with Crippen molar-refractivity contribution >= 4 is 22.8 Å². The molecule has 0 unspecified atom stereocenters. The highest BCUT2D eigenvalue weighted by atomic mass is 16.5. The topological polar surface area (TPSA) is 101 Å². The highest BCUT2D eigenvalue weighted by molar-refractivity contribution is 6.00. The van der Waals surface area contributed by atoms with Gasteiger partial charge in [0, 0.05) is 23.6 Å². The Labute approximate surface area is 145 Å². The summed E-state index contributed by atoms with van der Waals surface area (Å²) < 4.78 is 10.6. The van der Waals surface area contributed by atoms with Crippen LogP contribution in [0.1, 0.15) is 36.2 Å². The standard InChI is InChI=1S/C18H22N2O5/c1-24-10-7-14-12(16(8-10)25-2)9-15(19-14)17(21)20-13-6-4-3-5-11(13)18(22)23/h7-9,11,13,19H,3-6H2,1-2H3,(H,20,21)(H,22,23)/t11-,13+/m1/s1. The highest BCUT2D eigenvalue weighted by Gasteiger charge is 2.32. The molecule has 1 aromatic carbocycles. The summed E-state index contributed by atoms with van der Waals surface area (Å²) in [6, 6.07) is 4.90. The van der Waals surface area contributed by atoms with Crippen molar-refractivity contribution < 1.29 is 24.2 Å². The van der Waals surface area contributed by atoms with Gasteiger partial charge in [0.1, 0.15) is 17.2 Å². The summed E-state index contributed by atoms with van der Waals surface area (Å²) in [5, 5.41) is 13.0. The fourth-order valence-electron chi connectivity index (χ4n) is 3.43. The highest BCUT2D eigenvalue weighted by Crippen LogP contribution is 2.32. The second-order valence-corrected chi connectivity index (χ2v) is 6.28. The molecule has 1 heterocycles. The Kier molecular flexibility index (Phi) is 4.83. The third-order valence-corrected chi connectivity index (χ3v) is 4.77. The molecule has 1 saturated carbocycles. The lowest BCUT2D eigenvalue weighted by Gasteiger charge is -2.29. The van der Waals surface area contributed by atoms with Gasteiger partial charge in [-0.3, -0.25) is 9.59 Å². The van der Waals surface area contributed by atoms with Gasteiger partial charge in [-0.1, -0.05) is 12.8 Å². The molecule has 1 fully saturated rings. The van der Waals surface area contributed by atoms with Crippen LogP contribution < -0.4 is 14.8 Å². The predicted octanol–water partition coefficient (Wildman–Crippen LogP) is 2.56. The molecule has 7 nitrogen and oxygen atoms in total. The van der Waals surface area contributed by atoms with Crippen molar-refractivity contribution in [2.24, 2.45) is 5.92 Å². The number of carboxylic acids is 1. The molecule has 2 aromatic rings. The number of aliphatic carboxylic acids is 1. The van der Waals surface area contributed by atoms with Gasteiger partial charge in [-0.05, 0) is 18.9 Å². The van der Waals surface area contributed by atoms with E-state index in [-0.39, 0.29) is 11.9 Å². The van der Waals surface area contributed by atoms with E-state index in [1.807, 2.05) is 0 Å². The summed E-state index contributed by atoms with van der Waals surface area (Å²) in [5.74, 6) is -0.470. The van der Waals surface area contributed by atoms with Crippen LogP contribution in [-0.2, 0) is 4.79 Å². The lowest BCUT2D eigenvalue weighted by Crippen LogP contribution is -2.45. The number of ether oxygens (including phenoxy) is 2. The Morgan fingerprint density at radius 2 is 1.92 bits per heavy atom. The zero-order chi connectivity index (χ0) is 18.0. The fourth-order valence-corrected chi connectivity index (χ4v) is 3.43. The summed E-state index contributed by atoms with van der Waals surface area (Å²) >= 11 is 0. The van der Waals surface area contributed by atoms with Crippen molar-refractivity contribution in [3.63, 3.8) is 0 Å². The Bertz CT molecular complexity index is 798. The zero-order valence-corrected chi connectivity index (χ0v) is 14.3. The van der Waals surface area contributed by atoms with Crippen LogP contribution in [0.15, 0.2) is 18.2 Å². The smallest absolute Gasteiger partial charge is 0.308 e. The van der Waals surface area contributed by atoms with E-state index >= 15 is 0 Å². The number of benzene rings is 1. The minimum Gasteiger partial charge on any atom is -0.497 e. The number of H-pyrrole nitrogens is 1. The normalized spacial score (nSPS) is 20.2. The lowest BCUT2D eigenvalue weighted by atomic mass is 9.84. The van der Waals surface area contributed by atoms with Gasteiger partial charge in [0.15, 0.2) is 0 Å². The third-order valence-electron chi connectivity index (χ3n) is 4.77. The molecule has 1 amide bonds. The average Bonchev–Trinajstić information content (AvgIpc) is 3.05. The number of hydrogen-bond acceptors (Lipinski definition) is 4. The second-order valence-electron chi connectivity index (χ2n) is 6.28. The van der Waals surface area contributed by atoms with Gasteiger partial charge in [0.05, 0.1) is 25.7 Å². The van der Waals surface area contributed by atoms with E-state index < -0.39 is 11.9 Å². The first-order valence-electron chi connectivity index (χ1n) is 8.32. The van der Waals surface area contributed by atoms with Crippen LogP contribution in [0.2, 0.25) is 0 Å². The van der Waals surface area contributed by atoms with Crippen molar-refractivity contribution in [2.75, 3.05) is 14.2 Å². The van der Waals surface area contributed by atoms with Gasteiger partial charge < -0.3 is 24.9 Å². The second kappa shape index (κ2) is 7.04. The molecule has 0 spiro atoms. The number of fused-ring (bicyclic) bond motifs is 1. The van der Waals surface area contributed by atoms with E-state index in [2.05, 4.69) is 10.3 Å². The summed E-state index contributed by atoms with van der Waals surface area (Å²) in [5.41, 5.74) is 1.09. The van der Waals surface area contributed by atoms with E-state index in [1.54, 1.807) is 32.4 Å². The number of methoxy groups -OCH3 is 2.